The molecule has 12 heteroatoms. The van der Waals surface area contributed by atoms with Gasteiger partial charge in [0, 0.05) is 19.2 Å². The Labute approximate surface area is 235 Å². The standard InChI is InChI=1S/C28H33N3O7S2/c1-21-10-12-24(13-11-21)40(35,36)31(22-8-7-9-23(18-22)37-2)20-28(32)29-26-19-25(14-15-27(26)38-3)39(33,34)30-16-5-4-6-17-30/h7-15,18-19H,4-6,16-17,20H2,1-3H3,(H,29,32). The fourth-order valence-corrected chi connectivity index (χ4v) is 7.39. The summed E-state index contributed by atoms with van der Waals surface area (Å²) in [5.41, 5.74) is 1.23. The normalized spacial score (nSPS) is 14.4. The first kappa shape index (κ1) is 29.4. The fraction of sp³-hybridized carbons (Fsp3) is 0.321. The summed E-state index contributed by atoms with van der Waals surface area (Å²) < 4.78 is 66.9. The van der Waals surface area contributed by atoms with Crippen LogP contribution in [-0.4, -0.2) is 60.9 Å². The monoisotopic (exact) mass is 587 g/mol. The zero-order chi connectivity index (χ0) is 28.9. The van der Waals surface area contributed by atoms with Gasteiger partial charge in [-0.05, 0) is 62.2 Å². The quantitative estimate of drug-likeness (QED) is 0.380. The van der Waals surface area contributed by atoms with Crippen molar-refractivity contribution in [3.05, 3.63) is 72.3 Å². The minimum Gasteiger partial charge on any atom is -0.497 e. The third-order valence-electron chi connectivity index (χ3n) is 6.64. The number of hydrogen-bond acceptors (Lipinski definition) is 7. The Morgan fingerprint density at radius 3 is 2.20 bits per heavy atom. The molecule has 40 heavy (non-hydrogen) atoms. The molecule has 0 spiro atoms. The van der Waals surface area contributed by atoms with Gasteiger partial charge in [0.1, 0.15) is 18.0 Å². The van der Waals surface area contributed by atoms with Crippen molar-refractivity contribution in [2.45, 2.75) is 36.0 Å². The Hall–Kier alpha value is -3.61. The number of rotatable bonds is 10. The van der Waals surface area contributed by atoms with Crippen LogP contribution >= 0.6 is 0 Å². The number of ether oxygens (including phenoxy) is 2. The van der Waals surface area contributed by atoms with Gasteiger partial charge >= 0.3 is 0 Å². The predicted molar refractivity (Wildman–Crippen MR) is 153 cm³/mol. The molecular formula is C28H33N3O7S2. The molecule has 0 unspecified atom stereocenters. The lowest BCUT2D eigenvalue weighted by molar-refractivity contribution is -0.114. The summed E-state index contributed by atoms with van der Waals surface area (Å²) in [6, 6.07) is 16.9. The first-order chi connectivity index (χ1) is 19.1. The van der Waals surface area contributed by atoms with Gasteiger partial charge in [0.15, 0.2) is 0 Å². The van der Waals surface area contributed by atoms with Crippen LogP contribution in [0.5, 0.6) is 11.5 Å². The molecule has 0 bridgehead atoms. The molecule has 1 aliphatic heterocycles. The van der Waals surface area contributed by atoms with Crippen molar-refractivity contribution >= 4 is 37.3 Å². The Balaban J connectivity index is 1.66. The first-order valence-electron chi connectivity index (χ1n) is 12.8. The van der Waals surface area contributed by atoms with Crippen molar-refractivity contribution < 1.29 is 31.1 Å². The smallest absolute Gasteiger partial charge is 0.264 e. The number of amides is 1. The maximum Gasteiger partial charge on any atom is 0.264 e. The van der Waals surface area contributed by atoms with Gasteiger partial charge in [-0.25, -0.2) is 16.8 Å². The zero-order valence-electron chi connectivity index (χ0n) is 22.7. The minimum atomic E-state index is -4.16. The SMILES string of the molecule is COc1cccc(N(CC(=O)Nc2cc(S(=O)(=O)N3CCCCC3)ccc2OC)S(=O)(=O)c2ccc(C)cc2)c1. The largest absolute Gasteiger partial charge is 0.497 e. The molecule has 1 saturated heterocycles. The number of carbonyl (C=O) groups excluding carboxylic acids is 1. The summed E-state index contributed by atoms with van der Waals surface area (Å²) in [7, 11) is -5.08. The summed E-state index contributed by atoms with van der Waals surface area (Å²) in [5, 5.41) is 2.65. The number of anilines is 2. The molecule has 1 amide bonds. The van der Waals surface area contributed by atoms with Gasteiger partial charge in [0.25, 0.3) is 10.0 Å². The maximum absolute atomic E-state index is 13.7. The molecule has 1 heterocycles. The molecule has 214 valence electrons. The molecule has 0 radical (unpaired) electrons. The highest BCUT2D eigenvalue weighted by Crippen LogP contribution is 2.31. The van der Waals surface area contributed by atoms with Crippen LogP contribution in [0.1, 0.15) is 24.8 Å². The van der Waals surface area contributed by atoms with E-state index in [9.17, 15) is 21.6 Å². The number of piperidine rings is 1. The zero-order valence-corrected chi connectivity index (χ0v) is 24.3. The van der Waals surface area contributed by atoms with Crippen molar-refractivity contribution in [1.29, 1.82) is 0 Å². The lowest BCUT2D eigenvalue weighted by atomic mass is 10.2. The van der Waals surface area contributed by atoms with Crippen molar-refractivity contribution in [1.82, 2.24) is 4.31 Å². The van der Waals surface area contributed by atoms with Crippen LogP contribution in [0.15, 0.2) is 76.5 Å². The van der Waals surface area contributed by atoms with Gasteiger partial charge < -0.3 is 14.8 Å². The van der Waals surface area contributed by atoms with E-state index in [4.69, 9.17) is 9.47 Å². The van der Waals surface area contributed by atoms with E-state index in [1.54, 1.807) is 30.3 Å². The number of carbonyl (C=O) groups is 1. The first-order valence-corrected chi connectivity index (χ1v) is 15.7. The number of methoxy groups -OCH3 is 2. The molecule has 0 atom stereocenters. The Morgan fingerprint density at radius 2 is 1.55 bits per heavy atom. The summed E-state index contributed by atoms with van der Waals surface area (Å²) in [5.74, 6) is -0.0381. The number of aryl methyl sites for hydroxylation is 1. The molecule has 3 aromatic carbocycles. The number of benzene rings is 3. The van der Waals surface area contributed by atoms with Crippen LogP contribution in [-0.2, 0) is 24.8 Å². The molecule has 0 aliphatic carbocycles. The molecule has 1 aliphatic rings. The van der Waals surface area contributed by atoms with Crippen LogP contribution < -0.4 is 19.1 Å². The molecule has 10 nitrogen and oxygen atoms in total. The average Bonchev–Trinajstić information content (AvgIpc) is 2.96. The van der Waals surface area contributed by atoms with E-state index in [1.165, 1.54) is 54.9 Å². The fourth-order valence-electron chi connectivity index (χ4n) is 4.44. The lowest BCUT2D eigenvalue weighted by Crippen LogP contribution is -2.38. The third-order valence-corrected chi connectivity index (χ3v) is 10.3. The Morgan fingerprint density at radius 1 is 0.875 bits per heavy atom. The van der Waals surface area contributed by atoms with Gasteiger partial charge in [0.05, 0.1) is 35.4 Å². The molecule has 1 fully saturated rings. The van der Waals surface area contributed by atoms with Crippen molar-refractivity contribution in [3.8, 4) is 11.5 Å². The van der Waals surface area contributed by atoms with Gasteiger partial charge in [-0.2, -0.15) is 4.31 Å². The summed E-state index contributed by atoms with van der Waals surface area (Å²) in [4.78, 5) is 13.4. The van der Waals surface area contributed by atoms with E-state index < -0.39 is 32.5 Å². The van der Waals surface area contributed by atoms with E-state index in [-0.39, 0.29) is 26.9 Å². The second-order valence-corrected chi connectivity index (χ2v) is 13.2. The van der Waals surface area contributed by atoms with Crippen LogP contribution in [0.4, 0.5) is 11.4 Å². The van der Waals surface area contributed by atoms with E-state index >= 15 is 0 Å². The van der Waals surface area contributed by atoms with Gasteiger partial charge in [-0.1, -0.05) is 30.2 Å². The van der Waals surface area contributed by atoms with E-state index in [0.29, 0.717) is 18.8 Å². The third kappa shape index (κ3) is 6.40. The predicted octanol–water partition coefficient (Wildman–Crippen LogP) is 4.02. The molecule has 3 aromatic rings. The summed E-state index contributed by atoms with van der Waals surface area (Å²) in [6.07, 6.45) is 2.55. The van der Waals surface area contributed by atoms with E-state index in [2.05, 4.69) is 5.32 Å². The maximum atomic E-state index is 13.7. The van der Waals surface area contributed by atoms with Crippen molar-refractivity contribution in [2.75, 3.05) is 43.5 Å². The van der Waals surface area contributed by atoms with Gasteiger partial charge in [-0.15, -0.1) is 0 Å². The number of nitrogens with zero attached hydrogens (tertiary/aromatic N) is 2. The van der Waals surface area contributed by atoms with Crippen LogP contribution in [0, 0.1) is 6.92 Å². The van der Waals surface area contributed by atoms with Crippen LogP contribution in [0.2, 0.25) is 0 Å². The second-order valence-electron chi connectivity index (χ2n) is 9.40. The van der Waals surface area contributed by atoms with Gasteiger partial charge in [0.2, 0.25) is 15.9 Å². The van der Waals surface area contributed by atoms with E-state index in [0.717, 1.165) is 29.1 Å². The molecule has 1 N–H and O–H groups in total. The Bertz CT molecular complexity index is 1570. The molecule has 0 saturated carbocycles. The molecular weight excluding hydrogens is 554 g/mol. The lowest BCUT2D eigenvalue weighted by Gasteiger charge is -2.26. The average molecular weight is 588 g/mol. The van der Waals surface area contributed by atoms with Gasteiger partial charge in [-0.3, -0.25) is 9.10 Å². The molecule has 4 rings (SSSR count). The van der Waals surface area contributed by atoms with Crippen LogP contribution in [0.25, 0.3) is 0 Å². The molecule has 0 aromatic heterocycles. The minimum absolute atomic E-state index is 0.0147. The Kier molecular flexibility index (Phi) is 9.02. The number of hydrogen-bond donors (Lipinski definition) is 1. The van der Waals surface area contributed by atoms with Crippen molar-refractivity contribution in [3.63, 3.8) is 0 Å². The number of nitrogens with one attached hydrogen (secondary N) is 1. The highest BCUT2D eigenvalue weighted by atomic mass is 32.2. The summed E-state index contributed by atoms with van der Waals surface area (Å²) in [6.45, 7) is 2.12. The second kappa shape index (κ2) is 12.3. The topological polar surface area (TPSA) is 122 Å². The van der Waals surface area contributed by atoms with Crippen molar-refractivity contribution in [2.24, 2.45) is 0 Å². The summed E-state index contributed by atoms with van der Waals surface area (Å²) >= 11 is 0. The number of sulfonamides is 2. The van der Waals surface area contributed by atoms with E-state index in [1.807, 2.05) is 6.92 Å². The highest BCUT2D eigenvalue weighted by molar-refractivity contribution is 7.92. The van der Waals surface area contributed by atoms with Crippen LogP contribution in [0.3, 0.4) is 0 Å². The highest BCUT2D eigenvalue weighted by Gasteiger charge is 2.29.